The summed E-state index contributed by atoms with van der Waals surface area (Å²) in [7, 11) is 4.04. The molecule has 0 atom stereocenters. The van der Waals surface area contributed by atoms with Crippen molar-refractivity contribution in [3.63, 3.8) is 0 Å². The summed E-state index contributed by atoms with van der Waals surface area (Å²) in [6, 6.07) is 0. The number of ether oxygens (including phenoxy) is 3. The third-order valence-electron chi connectivity index (χ3n) is 2.13. The number of ketones is 1. The molecular weight excluding hydrogens is 226 g/mol. The van der Waals surface area contributed by atoms with E-state index in [0.29, 0.717) is 0 Å². The number of aromatic nitrogens is 1. The number of esters is 1. The van der Waals surface area contributed by atoms with Crippen molar-refractivity contribution in [2.75, 3.05) is 21.3 Å². The molecule has 0 aliphatic heterocycles. The van der Waals surface area contributed by atoms with Crippen LogP contribution in [0, 0.1) is 0 Å². The van der Waals surface area contributed by atoms with E-state index < -0.39 is 11.8 Å². The van der Waals surface area contributed by atoms with E-state index in [1.807, 2.05) is 0 Å². The average Bonchev–Trinajstić information content (AvgIpc) is 2.37. The quantitative estimate of drug-likeness (QED) is 0.430. The predicted molar refractivity (Wildman–Crippen MR) is 58.3 cm³/mol. The molecule has 1 aromatic rings. The fourth-order valence-corrected chi connectivity index (χ4v) is 1.30. The molecule has 0 saturated heterocycles. The fraction of sp³-hybridized carbons (Fsp3) is 0.364. The first-order chi connectivity index (χ1) is 8.13. The number of nitrogens with zero attached hydrogens (tertiary/aromatic N) is 1. The van der Waals surface area contributed by atoms with Crippen LogP contribution in [0.4, 0.5) is 0 Å². The van der Waals surface area contributed by atoms with Crippen LogP contribution in [0.2, 0.25) is 0 Å². The summed E-state index contributed by atoms with van der Waals surface area (Å²) in [6.45, 7) is 0. The van der Waals surface area contributed by atoms with Crippen LogP contribution in [-0.2, 0) is 9.53 Å². The van der Waals surface area contributed by atoms with E-state index in [2.05, 4.69) is 9.72 Å². The average molecular weight is 239 g/mol. The molecule has 17 heavy (non-hydrogen) atoms. The molecule has 0 radical (unpaired) electrons. The molecule has 0 aliphatic carbocycles. The van der Waals surface area contributed by atoms with Crippen LogP contribution in [-0.4, -0.2) is 38.1 Å². The van der Waals surface area contributed by atoms with E-state index in [4.69, 9.17) is 9.47 Å². The second-order valence-electron chi connectivity index (χ2n) is 3.10. The zero-order valence-electron chi connectivity index (χ0n) is 9.85. The zero-order chi connectivity index (χ0) is 12.8. The summed E-state index contributed by atoms with van der Waals surface area (Å²) in [4.78, 5) is 26.8. The SMILES string of the molecule is COC(=O)CC(=O)c1c(OC)cncc1OC. The van der Waals surface area contributed by atoms with Gasteiger partial charge in [-0.2, -0.15) is 0 Å². The molecule has 0 unspecified atom stereocenters. The molecule has 6 nitrogen and oxygen atoms in total. The van der Waals surface area contributed by atoms with Gasteiger partial charge in [0.05, 0.1) is 33.7 Å². The molecule has 0 saturated carbocycles. The smallest absolute Gasteiger partial charge is 0.313 e. The standard InChI is InChI=1S/C11H13NO5/c1-15-8-5-12-6-9(16-2)11(8)7(13)4-10(14)17-3/h5-6H,4H2,1-3H3. The highest BCUT2D eigenvalue weighted by atomic mass is 16.5. The van der Waals surface area contributed by atoms with Crippen LogP contribution in [0.15, 0.2) is 12.4 Å². The Bertz CT molecular complexity index is 408. The van der Waals surface area contributed by atoms with Gasteiger partial charge in [-0.15, -0.1) is 0 Å². The lowest BCUT2D eigenvalue weighted by molar-refractivity contribution is -0.139. The summed E-state index contributed by atoms with van der Waals surface area (Å²) in [6.07, 6.45) is 2.40. The van der Waals surface area contributed by atoms with Crippen LogP contribution in [0.25, 0.3) is 0 Å². The van der Waals surface area contributed by atoms with Crippen molar-refractivity contribution >= 4 is 11.8 Å². The normalized spacial score (nSPS) is 9.59. The molecule has 1 aromatic heterocycles. The molecular formula is C11H13NO5. The summed E-state index contributed by atoms with van der Waals surface area (Å²) < 4.78 is 14.4. The van der Waals surface area contributed by atoms with Crippen molar-refractivity contribution in [3.8, 4) is 11.5 Å². The molecule has 6 heteroatoms. The van der Waals surface area contributed by atoms with Crippen LogP contribution in [0.3, 0.4) is 0 Å². The number of Topliss-reactive ketones (excluding diaryl/α,β-unsaturated/α-hetero) is 1. The highest BCUT2D eigenvalue weighted by Gasteiger charge is 2.21. The monoisotopic (exact) mass is 239 g/mol. The van der Waals surface area contributed by atoms with E-state index in [1.165, 1.54) is 33.7 Å². The third-order valence-corrected chi connectivity index (χ3v) is 2.13. The molecule has 1 heterocycles. The number of rotatable bonds is 5. The molecule has 1 rings (SSSR count). The van der Waals surface area contributed by atoms with Crippen LogP contribution in [0.1, 0.15) is 16.8 Å². The molecule has 0 N–H and O–H groups in total. The van der Waals surface area contributed by atoms with Gasteiger partial charge in [-0.1, -0.05) is 0 Å². The predicted octanol–water partition coefficient (Wildman–Crippen LogP) is 0.845. The number of carbonyl (C=O) groups excluding carboxylic acids is 2. The molecule has 92 valence electrons. The number of hydrogen-bond acceptors (Lipinski definition) is 6. The summed E-state index contributed by atoms with van der Waals surface area (Å²) in [5, 5.41) is 0. The van der Waals surface area contributed by atoms with E-state index in [1.54, 1.807) is 0 Å². The minimum Gasteiger partial charge on any atom is -0.494 e. The van der Waals surface area contributed by atoms with Crippen molar-refractivity contribution in [1.29, 1.82) is 0 Å². The highest BCUT2D eigenvalue weighted by Crippen LogP contribution is 2.28. The molecule has 0 bridgehead atoms. The van der Waals surface area contributed by atoms with E-state index in [-0.39, 0.29) is 23.5 Å². The highest BCUT2D eigenvalue weighted by molar-refractivity contribution is 6.09. The van der Waals surface area contributed by atoms with Gasteiger partial charge in [0.25, 0.3) is 0 Å². The Morgan fingerprint density at radius 1 is 1.12 bits per heavy atom. The summed E-state index contributed by atoms with van der Waals surface area (Å²) >= 11 is 0. The first kappa shape index (κ1) is 13.0. The lowest BCUT2D eigenvalue weighted by Crippen LogP contribution is -2.12. The van der Waals surface area contributed by atoms with Gasteiger partial charge in [0.15, 0.2) is 17.3 Å². The van der Waals surface area contributed by atoms with Gasteiger partial charge in [-0.25, -0.2) is 0 Å². The zero-order valence-corrected chi connectivity index (χ0v) is 9.85. The van der Waals surface area contributed by atoms with Gasteiger partial charge >= 0.3 is 5.97 Å². The Morgan fingerprint density at radius 2 is 1.65 bits per heavy atom. The Morgan fingerprint density at radius 3 is 2.06 bits per heavy atom. The Hall–Kier alpha value is -2.11. The van der Waals surface area contributed by atoms with Crippen LogP contribution in [0.5, 0.6) is 11.5 Å². The first-order valence-electron chi connectivity index (χ1n) is 4.80. The van der Waals surface area contributed by atoms with Gasteiger partial charge in [0, 0.05) is 0 Å². The maximum absolute atomic E-state index is 11.9. The van der Waals surface area contributed by atoms with E-state index in [9.17, 15) is 9.59 Å². The number of carbonyl (C=O) groups is 2. The molecule has 0 aromatic carbocycles. The van der Waals surface area contributed by atoms with Crippen molar-refractivity contribution in [1.82, 2.24) is 4.98 Å². The Labute approximate surface area is 98.5 Å². The number of methoxy groups -OCH3 is 3. The lowest BCUT2D eigenvalue weighted by atomic mass is 10.1. The van der Waals surface area contributed by atoms with Gasteiger partial charge in [0.1, 0.15) is 12.0 Å². The molecule has 0 amide bonds. The number of hydrogen-bond donors (Lipinski definition) is 0. The largest absolute Gasteiger partial charge is 0.494 e. The first-order valence-corrected chi connectivity index (χ1v) is 4.80. The summed E-state index contributed by atoms with van der Waals surface area (Å²) in [5.41, 5.74) is 0.190. The van der Waals surface area contributed by atoms with E-state index >= 15 is 0 Å². The van der Waals surface area contributed by atoms with Crippen molar-refractivity contribution in [2.45, 2.75) is 6.42 Å². The second-order valence-corrected chi connectivity index (χ2v) is 3.10. The van der Waals surface area contributed by atoms with Gasteiger partial charge in [-0.05, 0) is 0 Å². The maximum atomic E-state index is 11.9. The van der Waals surface area contributed by atoms with Crippen LogP contribution >= 0.6 is 0 Å². The molecule has 0 aliphatic rings. The molecule has 0 spiro atoms. The van der Waals surface area contributed by atoms with Crippen molar-refractivity contribution < 1.29 is 23.8 Å². The lowest BCUT2D eigenvalue weighted by Gasteiger charge is -2.10. The minimum atomic E-state index is -0.615. The van der Waals surface area contributed by atoms with Gasteiger partial charge < -0.3 is 14.2 Å². The Kier molecular flexibility index (Phi) is 4.45. The molecule has 0 fully saturated rings. The second kappa shape index (κ2) is 5.83. The minimum absolute atomic E-state index is 0.190. The van der Waals surface area contributed by atoms with E-state index in [0.717, 1.165) is 0 Å². The third kappa shape index (κ3) is 2.93. The topological polar surface area (TPSA) is 74.7 Å². The van der Waals surface area contributed by atoms with Gasteiger partial charge in [0.2, 0.25) is 0 Å². The Balaban J connectivity index is 3.09. The summed E-state index contributed by atoms with van der Waals surface area (Å²) in [5.74, 6) is -0.527. The number of pyridine rings is 1. The maximum Gasteiger partial charge on any atom is 0.313 e. The fourth-order valence-electron chi connectivity index (χ4n) is 1.30. The van der Waals surface area contributed by atoms with Crippen molar-refractivity contribution in [3.05, 3.63) is 18.0 Å². The van der Waals surface area contributed by atoms with Crippen LogP contribution < -0.4 is 9.47 Å². The van der Waals surface area contributed by atoms with Crippen molar-refractivity contribution in [2.24, 2.45) is 0 Å². The van der Waals surface area contributed by atoms with Gasteiger partial charge in [-0.3, -0.25) is 14.6 Å².